The molecule has 0 saturated carbocycles. The molecule has 72 valence electrons. The normalized spacial score (nSPS) is 14.9. The molecule has 0 atom stereocenters. The number of imidazole rings is 1. The number of hydrogen-bond acceptors (Lipinski definition) is 1. The van der Waals surface area contributed by atoms with Gasteiger partial charge in [0.05, 0.1) is 16.9 Å². The van der Waals surface area contributed by atoms with Gasteiger partial charge in [-0.1, -0.05) is 12.1 Å². The fraction of sp³-hybridized carbons (Fsp3) is 0.364. The van der Waals surface area contributed by atoms with Crippen molar-refractivity contribution in [2.45, 2.75) is 25.3 Å². The van der Waals surface area contributed by atoms with Gasteiger partial charge in [-0.2, -0.15) is 0 Å². The van der Waals surface area contributed by atoms with Crippen LogP contribution < -0.4 is 0 Å². The Kier molecular flexibility index (Phi) is 1.77. The van der Waals surface area contributed by atoms with E-state index in [1.165, 1.54) is 23.9 Å². The second-order valence-corrected chi connectivity index (χ2v) is 3.97. The zero-order valence-corrected chi connectivity index (χ0v) is 8.59. The predicted molar refractivity (Wildman–Crippen MR) is 57.6 cm³/mol. The van der Waals surface area contributed by atoms with Gasteiger partial charge in [0, 0.05) is 6.54 Å². The minimum atomic E-state index is 0.508. The lowest BCUT2D eigenvalue weighted by atomic mass is 10.0. The molecule has 0 unspecified atom stereocenters. The summed E-state index contributed by atoms with van der Waals surface area (Å²) in [6, 6.07) is 6.34. The van der Waals surface area contributed by atoms with E-state index in [2.05, 4.69) is 27.8 Å². The Hall–Kier alpha value is -1.02. The lowest BCUT2D eigenvalue weighted by Crippen LogP contribution is -2.09. The molecule has 0 fully saturated rings. The van der Waals surface area contributed by atoms with Crippen molar-refractivity contribution in [1.29, 1.82) is 0 Å². The second-order valence-electron chi connectivity index (χ2n) is 3.70. The van der Waals surface area contributed by atoms with Crippen molar-refractivity contribution < 1.29 is 0 Å². The molecule has 0 saturated heterocycles. The highest BCUT2D eigenvalue weighted by molar-refractivity contribution is 6.16. The number of nitrogens with zero attached hydrogens (tertiary/aromatic N) is 2. The van der Waals surface area contributed by atoms with E-state index in [1.807, 2.05) is 0 Å². The molecule has 0 radical (unpaired) electrons. The lowest BCUT2D eigenvalue weighted by molar-refractivity contribution is 0.614. The van der Waals surface area contributed by atoms with Gasteiger partial charge in [0.15, 0.2) is 0 Å². The molecule has 0 bridgehead atoms. The molecule has 3 heteroatoms. The molecule has 0 N–H and O–H groups in total. The van der Waals surface area contributed by atoms with Crippen molar-refractivity contribution >= 4 is 22.6 Å². The van der Waals surface area contributed by atoms with E-state index in [4.69, 9.17) is 11.6 Å². The maximum atomic E-state index is 5.88. The summed E-state index contributed by atoms with van der Waals surface area (Å²) in [5, 5.41) is 0. The van der Waals surface area contributed by atoms with Crippen molar-refractivity contribution in [3.8, 4) is 0 Å². The summed E-state index contributed by atoms with van der Waals surface area (Å²) in [6.07, 6.45) is 2.37. The Morgan fingerprint density at radius 2 is 2.36 bits per heavy atom. The maximum Gasteiger partial charge on any atom is 0.124 e. The van der Waals surface area contributed by atoms with Crippen LogP contribution in [-0.4, -0.2) is 9.55 Å². The first-order valence-corrected chi connectivity index (χ1v) is 5.46. The molecular formula is C11H11ClN2. The zero-order chi connectivity index (χ0) is 9.54. The summed E-state index contributed by atoms with van der Waals surface area (Å²) in [7, 11) is 0. The number of halogens is 1. The van der Waals surface area contributed by atoms with Gasteiger partial charge in [0.1, 0.15) is 5.82 Å². The second kappa shape index (κ2) is 2.99. The van der Waals surface area contributed by atoms with E-state index in [1.54, 1.807) is 0 Å². The lowest BCUT2D eigenvalue weighted by Gasteiger charge is -2.15. The monoisotopic (exact) mass is 206 g/mol. The molecule has 3 rings (SSSR count). The van der Waals surface area contributed by atoms with Crippen LogP contribution in [0.25, 0.3) is 11.0 Å². The van der Waals surface area contributed by atoms with Crippen LogP contribution in [0.2, 0.25) is 0 Å². The molecule has 1 aliphatic heterocycles. The van der Waals surface area contributed by atoms with Crippen LogP contribution in [0.15, 0.2) is 18.2 Å². The van der Waals surface area contributed by atoms with Gasteiger partial charge in [0.25, 0.3) is 0 Å². The summed E-state index contributed by atoms with van der Waals surface area (Å²) < 4.78 is 2.27. The Labute approximate surface area is 87.5 Å². The fourth-order valence-electron chi connectivity index (χ4n) is 2.28. The number of aromatic nitrogens is 2. The van der Waals surface area contributed by atoms with Crippen LogP contribution in [-0.2, 0) is 18.8 Å². The molecule has 14 heavy (non-hydrogen) atoms. The number of hydrogen-bond donors (Lipinski definition) is 0. The Balaban J connectivity index is 2.42. The van der Waals surface area contributed by atoms with Gasteiger partial charge in [-0.15, -0.1) is 11.6 Å². The van der Waals surface area contributed by atoms with Crippen LogP contribution in [0.1, 0.15) is 17.8 Å². The average Bonchev–Trinajstić information content (AvgIpc) is 2.60. The van der Waals surface area contributed by atoms with E-state index in [0.717, 1.165) is 17.9 Å². The minimum Gasteiger partial charge on any atom is -0.327 e. The van der Waals surface area contributed by atoms with Gasteiger partial charge in [-0.25, -0.2) is 4.98 Å². The zero-order valence-electron chi connectivity index (χ0n) is 7.83. The molecule has 2 heterocycles. The van der Waals surface area contributed by atoms with Crippen LogP contribution in [0.5, 0.6) is 0 Å². The van der Waals surface area contributed by atoms with E-state index in [9.17, 15) is 0 Å². The number of benzene rings is 1. The molecule has 2 nitrogen and oxygen atoms in total. The number of alkyl halides is 1. The smallest absolute Gasteiger partial charge is 0.124 e. The Morgan fingerprint density at radius 1 is 1.43 bits per heavy atom. The van der Waals surface area contributed by atoms with Crippen molar-refractivity contribution in [1.82, 2.24) is 9.55 Å². The number of rotatable bonds is 1. The summed E-state index contributed by atoms with van der Waals surface area (Å²) in [5.41, 5.74) is 3.81. The first kappa shape index (κ1) is 8.30. The number of aryl methyl sites for hydroxylation is 2. The van der Waals surface area contributed by atoms with Crippen molar-refractivity contribution in [2.75, 3.05) is 0 Å². The molecule has 0 amide bonds. The van der Waals surface area contributed by atoms with E-state index in [0.29, 0.717) is 5.88 Å². The quantitative estimate of drug-likeness (QED) is 0.656. The summed E-state index contributed by atoms with van der Waals surface area (Å²) in [4.78, 5) is 4.53. The third-order valence-corrected chi connectivity index (χ3v) is 3.12. The highest BCUT2D eigenvalue weighted by Gasteiger charge is 2.16. The molecule has 1 aromatic heterocycles. The first-order valence-electron chi connectivity index (χ1n) is 4.93. The van der Waals surface area contributed by atoms with Crippen LogP contribution in [0.4, 0.5) is 0 Å². The van der Waals surface area contributed by atoms with Crippen LogP contribution in [0.3, 0.4) is 0 Å². The average molecular weight is 207 g/mol. The third kappa shape index (κ3) is 1.01. The predicted octanol–water partition coefficient (Wildman–Crippen LogP) is 2.72. The molecule has 2 aromatic rings. The van der Waals surface area contributed by atoms with Gasteiger partial charge >= 0.3 is 0 Å². The van der Waals surface area contributed by atoms with Gasteiger partial charge in [0.2, 0.25) is 0 Å². The fourth-order valence-corrected chi connectivity index (χ4v) is 2.48. The Bertz CT molecular complexity index is 487. The van der Waals surface area contributed by atoms with E-state index in [-0.39, 0.29) is 0 Å². The minimum absolute atomic E-state index is 0.508. The van der Waals surface area contributed by atoms with Crippen molar-refractivity contribution in [3.05, 3.63) is 29.6 Å². The third-order valence-electron chi connectivity index (χ3n) is 2.88. The summed E-state index contributed by atoms with van der Waals surface area (Å²) in [6.45, 7) is 1.07. The summed E-state index contributed by atoms with van der Waals surface area (Å²) in [5.74, 6) is 1.52. The van der Waals surface area contributed by atoms with Gasteiger partial charge < -0.3 is 4.57 Å². The van der Waals surface area contributed by atoms with Crippen molar-refractivity contribution in [3.63, 3.8) is 0 Å². The maximum absolute atomic E-state index is 5.88. The van der Waals surface area contributed by atoms with Gasteiger partial charge in [-0.05, 0) is 24.5 Å². The molecule has 0 aliphatic carbocycles. The summed E-state index contributed by atoms with van der Waals surface area (Å²) >= 11 is 5.88. The number of para-hydroxylation sites is 1. The van der Waals surface area contributed by atoms with E-state index < -0.39 is 0 Å². The van der Waals surface area contributed by atoms with Crippen LogP contribution >= 0.6 is 11.6 Å². The van der Waals surface area contributed by atoms with E-state index >= 15 is 0 Å². The highest BCUT2D eigenvalue weighted by Crippen LogP contribution is 2.26. The topological polar surface area (TPSA) is 17.8 Å². The highest BCUT2D eigenvalue weighted by atomic mass is 35.5. The molecular weight excluding hydrogens is 196 g/mol. The SMILES string of the molecule is ClCc1nc2cccc3c2n1CCC3. The Morgan fingerprint density at radius 3 is 3.21 bits per heavy atom. The largest absolute Gasteiger partial charge is 0.327 e. The molecule has 1 aromatic carbocycles. The van der Waals surface area contributed by atoms with Crippen LogP contribution in [0, 0.1) is 0 Å². The van der Waals surface area contributed by atoms with Crippen molar-refractivity contribution in [2.24, 2.45) is 0 Å². The van der Waals surface area contributed by atoms with Gasteiger partial charge in [-0.3, -0.25) is 0 Å². The molecule has 0 spiro atoms. The first-order chi connectivity index (χ1) is 6.90. The standard InChI is InChI=1S/C11H11ClN2/c12-7-10-13-9-5-1-3-8-4-2-6-14(10)11(8)9/h1,3,5H,2,4,6-7H2. The molecule has 1 aliphatic rings.